The number of hydrogen-bond acceptors (Lipinski definition) is 3. The van der Waals surface area contributed by atoms with E-state index in [1.807, 2.05) is 32.0 Å². The van der Waals surface area contributed by atoms with Crippen molar-refractivity contribution in [3.63, 3.8) is 0 Å². The molecule has 0 heterocycles. The van der Waals surface area contributed by atoms with Crippen LogP contribution in [0.4, 0.5) is 0 Å². The van der Waals surface area contributed by atoms with E-state index in [2.05, 4.69) is 12.1 Å². The van der Waals surface area contributed by atoms with Gasteiger partial charge in [-0.05, 0) is 18.4 Å². The SMILES string of the molecule is CCC(CC)(Cc1ccccc1)OC(=O)CN. The van der Waals surface area contributed by atoms with E-state index < -0.39 is 5.60 Å². The van der Waals surface area contributed by atoms with Crippen molar-refractivity contribution in [2.24, 2.45) is 5.73 Å². The quantitative estimate of drug-likeness (QED) is 0.770. The number of carbonyl (C=O) groups excluding carboxylic acids is 1. The molecule has 3 heteroatoms. The molecule has 3 nitrogen and oxygen atoms in total. The summed E-state index contributed by atoms with van der Waals surface area (Å²) in [5.41, 5.74) is 6.07. The van der Waals surface area contributed by atoms with Gasteiger partial charge in [0.05, 0.1) is 6.54 Å². The second-order valence-corrected chi connectivity index (χ2v) is 4.23. The predicted octanol–water partition coefficient (Wildman–Crippen LogP) is 2.29. The second-order valence-electron chi connectivity index (χ2n) is 4.23. The summed E-state index contributed by atoms with van der Waals surface area (Å²) in [6, 6.07) is 10.1. The van der Waals surface area contributed by atoms with Crippen LogP contribution in [0.15, 0.2) is 30.3 Å². The van der Waals surface area contributed by atoms with Crippen LogP contribution in [0.3, 0.4) is 0 Å². The Bertz CT molecular complexity index is 344. The molecule has 0 amide bonds. The largest absolute Gasteiger partial charge is 0.458 e. The van der Waals surface area contributed by atoms with Crippen molar-refractivity contribution < 1.29 is 9.53 Å². The molecule has 0 aliphatic heterocycles. The fraction of sp³-hybridized carbons (Fsp3) is 0.500. The minimum atomic E-state index is -0.419. The molecule has 0 aliphatic rings. The molecule has 0 bridgehead atoms. The number of esters is 1. The Labute approximate surface area is 103 Å². The van der Waals surface area contributed by atoms with Crippen molar-refractivity contribution >= 4 is 5.97 Å². The lowest BCUT2D eigenvalue weighted by Gasteiger charge is -2.31. The Morgan fingerprint density at radius 3 is 2.29 bits per heavy atom. The summed E-state index contributed by atoms with van der Waals surface area (Å²) >= 11 is 0. The molecule has 94 valence electrons. The first-order chi connectivity index (χ1) is 8.15. The van der Waals surface area contributed by atoms with Crippen LogP contribution in [0.5, 0.6) is 0 Å². The van der Waals surface area contributed by atoms with Crippen LogP contribution in [0, 0.1) is 0 Å². The average molecular weight is 235 g/mol. The van der Waals surface area contributed by atoms with Gasteiger partial charge in [-0.15, -0.1) is 0 Å². The Morgan fingerprint density at radius 1 is 1.24 bits per heavy atom. The van der Waals surface area contributed by atoms with Crippen LogP contribution in [0.2, 0.25) is 0 Å². The van der Waals surface area contributed by atoms with Gasteiger partial charge in [-0.1, -0.05) is 44.2 Å². The highest BCUT2D eigenvalue weighted by atomic mass is 16.6. The zero-order chi connectivity index (χ0) is 12.7. The summed E-state index contributed by atoms with van der Waals surface area (Å²) in [5, 5.41) is 0. The molecule has 0 aromatic heterocycles. The summed E-state index contributed by atoms with van der Waals surface area (Å²) in [6.07, 6.45) is 2.33. The molecule has 0 fully saturated rings. The van der Waals surface area contributed by atoms with Crippen molar-refractivity contribution in [1.29, 1.82) is 0 Å². The van der Waals surface area contributed by atoms with E-state index >= 15 is 0 Å². The fourth-order valence-electron chi connectivity index (χ4n) is 1.93. The van der Waals surface area contributed by atoms with E-state index in [0.29, 0.717) is 0 Å². The van der Waals surface area contributed by atoms with E-state index in [9.17, 15) is 4.79 Å². The molecule has 17 heavy (non-hydrogen) atoms. The van der Waals surface area contributed by atoms with Gasteiger partial charge < -0.3 is 10.5 Å². The predicted molar refractivity (Wildman–Crippen MR) is 68.6 cm³/mol. The molecular weight excluding hydrogens is 214 g/mol. The monoisotopic (exact) mass is 235 g/mol. The van der Waals surface area contributed by atoms with E-state index in [0.717, 1.165) is 19.3 Å². The molecular formula is C14H21NO2. The molecule has 0 spiro atoms. The third-order valence-corrected chi connectivity index (χ3v) is 3.15. The number of benzene rings is 1. The average Bonchev–Trinajstić information content (AvgIpc) is 2.39. The lowest BCUT2D eigenvalue weighted by Crippen LogP contribution is -2.38. The zero-order valence-electron chi connectivity index (χ0n) is 10.6. The number of ether oxygens (including phenoxy) is 1. The molecule has 0 atom stereocenters. The van der Waals surface area contributed by atoms with Crippen molar-refractivity contribution in [2.75, 3.05) is 6.54 Å². The van der Waals surface area contributed by atoms with Crippen molar-refractivity contribution in [3.8, 4) is 0 Å². The summed E-state index contributed by atoms with van der Waals surface area (Å²) in [7, 11) is 0. The van der Waals surface area contributed by atoms with Crippen LogP contribution >= 0.6 is 0 Å². The third kappa shape index (κ3) is 3.86. The highest BCUT2D eigenvalue weighted by molar-refractivity contribution is 5.71. The third-order valence-electron chi connectivity index (χ3n) is 3.15. The van der Waals surface area contributed by atoms with Gasteiger partial charge in [0, 0.05) is 6.42 Å². The first-order valence-corrected chi connectivity index (χ1v) is 6.11. The Morgan fingerprint density at radius 2 is 1.82 bits per heavy atom. The zero-order valence-corrected chi connectivity index (χ0v) is 10.6. The highest BCUT2D eigenvalue weighted by Gasteiger charge is 2.30. The van der Waals surface area contributed by atoms with Crippen LogP contribution < -0.4 is 5.73 Å². The first kappa shape index (κ1) is 13.7. The van der Waals surface area contributed by atoms with Gasteiger partial charge in [-0.25, -0.2) is 0 Å². The summed E-state index contributed by atoms with van der Waals surface area (Å²) < 4.78 is 5.53. The standard InChI is InChI=1S/C14H21NO2/c1-3-14(4-2,17-13(16)11-15)10-12-8-6-5-7-9-12/h5-9H,3-4,10-11,15H2,1-2H3. The normalized spacial score (nSPS) is 11.2. The van der Waals surface area contributed by atoms with Gasteiger partial charge >= 0.3 is 5.97 Å². The molecule has 1 aromatic carbocycles. The minimum Gasteiger partial charge on any atom is -0.458 e. The first-order valence-electron chi connectivity index (χ1n) is 6.11. The van der Waals surface area contributed by atoms with E-state index in [1.165, 1.54) is 5.56 Å². The van der Waals surface area contributed by atoms with Crippen LogP contribution in [0.25, 0.3) is 0 Å². The van der Waals surface area contributed by atoms with Crippen molar-refractivity contribution in [1.82, 2.24) is 0 Å². The van der Waals surface area contributed by atoms with E-state index in [4.69, 9.17) is 10.5 Å². The maximum Gasteiger partial charge on any atom is 0.320 e. The Balaban J connectivity index is 2.81. The van der Waals surface area contributed by atoms with Crippen molar-refractivity contribution in [2.45, 2.75) is 38.7 Å². The molecule has 0 radical (unpaired) electrons. The molecule has 1 aromatic rings. The Kier molecular flexibility index (Phi) is 5.16. The smallest absolute Gasteiger partial charge is 0.320 e. The maximum absolute atomic E-state index is 11.4. The van der Waals surface area contributed by atoms with Gasteiger partial charge in [0.25, 0.3) is 0 Å². The van der Waals surface area contributed by atoms with Gasteiger partial charge in [0.15, 0.2) is 0 Å². The summed E-state index contributed by atoms with van der Waals surface area (Å²) in [4.78, 5) is 11.4. The van der Waals surface area contributed by atoms with E-state index in [-0.39, 0.29) is 12.5 Å². The molecule has 0 aliphatic carbocycles. The lowest BCUT2D eigenvalue weighted by atomic mass is 9.89. The van der Waals surface area contributed by atoms with Crippen LogP contribution in [0.1, 0.15) is 32.3 Å². The van der Waals surface area contributed by atoms with Crippen LogP contribution in [-0.4, -0.2) is 18.1 Å². The number of nitrogens with two attached hydrogens (primary N) is 1. The van der Waals surface area contributed by atoms with Gasteiger partial charge in [-0.2, -0.15) is 0 Å². The minimum absolute atomic E-state index is 0.0590. The van der Waals surface area contributed by atoms with Crippen LogP contribution in [-0.2, 0) is 16.0 Å². The fourth-order valence-corrected chi connectivity index (χ4v) is 1.93. The second kappa shape index (κ2) is 6.40. The molecule has 0 saturated carbocycles. The summed E-state index contributed by atoms with van der Waals surface area (Å²) in [6.45, 7) is 4.02. The van der Waals surface area contributed by atoms with Gasteiger partial charge in [0.1, 0.15) is 5.60 Å². The van der Waals surface area contributed by atoms with Gasteiger partial charge in [0.2, 0.25) is 0 Å². The number of carbonyl (C=O) groups is 1. The van der Waals surface area contributed by atoms with Gasteiger partial charge in [-0.3, -0.25) is 4.79 Å². The summed E-state index contributed by atoms with van der Waals surface area (Å²) in [5.74, 6) is -0.329. The molecule has 0 saturated heterocycles. The van der Waals surface area contributed by atoms with E-state index in [1.54, 1.807) is 0 Å². The number of rotatable bonds is 6. The molecule has 0 unspecified atom stereocenters. The topological polar surface area (TPSA) is 52.3 Å². The maximum atomic E-state index is 11.4. The number of hydrogen-bond donors (Lipinski definition) is 1. The van der Waals surface area contributed by atoms with Crippen molar-refractivity contribution in [3.05, 3.63) is 35.9 Å². The molecule has 2 N–H and O–H groups in total. The molecule has 1 rings (SSSR count). The highest BCUT2D eigenvalue weighted by Crippen LogP contribution is 2.25. The Hall–Kier alpha value is -1.35. The lowest BCUT2D eigenvalue weighted by molar-refractivity contribution is -0.158.